The molecule has 1 aliphatic rings. The molecule has 0 saturated carbocycles. The van der Waals surface area contributed by atoms with Crippen LogP contribution >= 0.6 is 0 Å². The largest absolute Gasteiger partial charge is 0.396 e. The van der Waals surface area contributed by atoms with Crippen molar-refractivity contribution in [3.05, 3.63) is 0 Å². The third-order valence-electron chi connectivity index (χ3n) is 2.69. The fourth-order valence-corrected chi connectivity index (χ4v) is 1.81. The molecule has 0 aliphatic carbocycles. The van der Waals surface area contributed by atoms with Crippen LogP contribution in [0.5, 0.6) is 0 Å². The van der Waals surface area contributed by atoms with Crippen molar-refractivity contribution in [3.63, 3.8) is 0 Å². The molecule has 0 spiro atoms. The lowest BCUT2D eigenvalue weighted by molar-refractivity contribution is 0.105. The average Bonchev–Trinajstić information content (AvgIpc) is 2.17. The molecule has 0 aromatic carbocycles. The Morgan fingerprint density at radius 3 is 2.38 bits per heavy atom. The molecule has 1 saturated heterocycles. The highest BCUT2D eigenvalue weighted by molar-refractivity contribution is 4.66. The van der Waals surface area contributed by atoms with Crippen molar-refractivity contribution in [1.82, 2.24) is 4.90 Å². The molecule has 0 aromatic heterocycles. The molecule has 3 heteroatoms. The Labute approximate surface area is 80.4 Å². The highest BCUT2D eigenvalue weighted by atomic mass is 16.3. The van der Waals surface area contributed by atoms with Gasteiger partial charge in [-0.05, 0) is 38.8 Å². The first-order chi connectivity index (χ1) is 6.33. The molecule has 0 amide bonds. The van der Waals surface area contributed by atoms with Crippen molar-refractivity contribution in [2.75, 3.05) is 26.2 Å². The zero-order valence-corrected chi connectivity index (χ0v) is 8.28. The van der Waals surface area contributed by atoms with Gasteiger partial charge in [-0.15, -0.1) is 0 Å². The summed E-state index contributed by atoms with van der Waals surface area (Å²) < 4.78 is 0. The summed E-state index contributed by atoms with van der Waals surface area (Å²) >= 11 is 0. The lowest BCUT2D eigenvalue weighted by atomic mass is 10.1. The van der Waals surface area contributed by atoms with E-state index < -0.39 is 0 Å². The van der Waals surface area contributed by atoms with E-state index in [4.69, 9.17) is 5.11 Å². The van der Waals surface area contributed by atoms with Crippen molar-refractivity contribution in [1.29, 1.82) is 0 Å². The first-order valence-electron chi connectivity index (χ1n) is 5.34. The van der Waals surface area contributed by atoms with E-state index in [0.29, 0.717) is 6.42 Å². The van der Waals surface area contributed by atoms with Crippen LogP contribution in [0.4, 0.5) is 0 Å². The van der Waals surface area contributed by atoms with Gasteiger partial charge < -0.3 is 15.1 Å². The molecule has 0 bridgehead atoms. The third kappa shape index (κ3) is 4.60. The number of hydrogen-bond acceptors (Lipinski definition) is 3. The first-order valence-corrected chi connectivity index (χ1v) is 5.34. The Morgan fingerprint density at radius 2 is 1.77 bits per heavy atom. The minimum Gasteiger partial charge on any atom is -0.396 e. The Morgan fingerprint density at radius 1 is 1.08 bits per heavy atom. The maximum Gasteiger partial charge on any atom is 0.0574 e. The number of nitrogens with zero attached hydrogens (tertiary/aromatic N) is 1. The van der Waals surface area contributed by atoms with Crippen molar-refractivity contribution in [3.8, 4) is 0 Å². The summed E-state index contributed by atoms with van der Waals surface area (Å²) in [6, 6.07) is 0. The maximum absolute atomic E-state index is 9.39. The average molecular weight is 187 g/mol. The summed E-state index contributed by atoms with van der Waals surface area (Å²) in [5, 5.41) is 18.0. The molecular formula is C10H21NO2. The number of likely N-dealkylation sites (tertiary alicyclic amines) is 1. The van der Waals surface area contributed by atoms with Crippen LogP contribution < -0.4 is 0 Å². The second-order valence-electron chi connectivity index (χ2n) is 3.86. The number of rotatable bonds is 5. The van der Waals surface area contributed by atoms with Crippen LogP contribution in [0.15, 0.2) is 0 Å². The molecule has 3 nitrogen and oxygen atoms in total. The normalized spacial score (nSPS) is 21.7. The summed E-state index contributed by atoms with van der Waals surface area (Å²) in [4.78, 5) is 2.41. The van der Waals surface area contributed by atoms with Crippen molar-refractivity contribution in [2.24, 2.45) is 0 Å². The van der Waals surface area contributed by atoms with Gasteiger partial charge in [0.1, 0.15) is 0 Å². The Balaban J connectivity index is 2.03. The molecule has 13 heavy (non-hydrogen) atoms. The van der Waals surface area contributed by atoms with Crippen LogP contribution in [0.3, 0.4) is 0 Å². The molecule has 1 aliphatic heterocycles. The summed E-state index contributed by atoms with van der Waals surface area (Å²) in [6.45, 7) is 3.46. The number of hydrogen-bond donors (Lipinski definition) is 2. The van der Waals surface area contributed by atoms with Crippen LogP contribution in [0.25, 0.3) is 0 Å². The van der Waals surface area contributed by atoms with Gasteiger partial charge in [-0.3, -0.25) is 0 Å². The van der Waals surface area contributed by atoms with Crippen molar-refractivity contribution < 1.29 is 10.2 Å². The topological polar surface area (TPSA) is 43.7 Å². The zero-order valence-electron chi connectivity index (χ0n) is 8.28. The Bertz CT molecular complexity index is 124. The minimum absolute atomic E-state index is 0.0984. The highest BCUT2D eigenvalue weighted by Crippen LogP contribution is 2.09. The third-order valence-corrected chi connectivity index (χ3v) is 2.69. The van der Waals surface area contributed by atoms with E-state index in [2.05, 4.69) is 4.90 Å². The van der Waals surface area contributed by atoms with Crippen LogP contribution in [-0.2, 0) is 0 Å². The predicted octanol–water partition coefficient (Wildman–Crippen LogP) is 0.606. The monoisotopic (exact) mass is 187 g/mol. The van der Waals surface area contributed by atoms with E-state index in [1.807, 2.05) is 0 Å². The van der Waals surface area contributed by atoms with Crippen molar-refractivity contribution in [2.45, 2.75) is 38.2 Å². The second-order valence-corrected chi connectivity index (χ2v) is 3.86. The van der Waals surface area contributed by atoms with Gasteiger partial charge in [0.15, 0.2) is 0 Å². The fraction of sp³-hybridized carbons (Fsp3) is 1.00. The van der Waals surface area contributed by atoms with E-state index in [0.717, 1.165) is 13.0 Å². The van der Waals surface area contributed by atoms with Gasteiger partial charge in [0.05, 0.1) is 6.10 Å². The maximum atomic E-state index is 9.39. The molecule has 0 unspecified atom stereocenters. The minimum atomic E-state index is -0.313. The molecule has 2 N–H and O–H groups in total. The van der Waals surface area contributed by atoms with Crippen LogP contribution in [0, 0.1) is 0 Å². The van der Waals surface area contributed by atoms with Gasteiger partial charge in [-0.25, -0.2) is 0 Å². The van der Waals surface area contributed by atoms with E-state index >= 15 is 0 Å². The molecule has 1 fully saturated rings. The van der Waals surface area contributed by atoms with E-state index in [1.54, 1.807) is 0 Å². The summed E-state index contributed by atoms with van der Waals surface area (Å²) in [5.74, 6) is 0. The SMILES string of the molecule is OCC[C@@H](O)CCN1CCCCC1. The van der Waals surface area contributed by atoms with Crippen LogP contribution in [-0.4, -0.2) is 47.5 Å². The van der Waals surface area contributed by atoms with Crippen molar-refractivity contribution >= 4 is 0 Å². The van der Waals surface area contributed by atoms with Gasteiger partial charge in [-0.2, -0.15) is 0 Å². The van der Waals surface area contributed by atoms with Gasteiger partial charge >= 0.3 is 0 Å². The fourth-order valence-electron chi connectivity index (χ4n) is 1.81. The first kappa shape index (κ1) is 11.0. The summed E-state index contributed by atoms with van der Waals surface area (Å²) in [7, 11) is 0. The molecule has 0 aromatic rings. The molecule has 1 atom stereocenters. The quantitative estimate of drug-likeness (QED) is 0.662. The molecule has 1 rings (SSSR count). The molecular weight excluding hydrogens is 166 g/mol. The van der Waals surface area contributed by atoms with E-state index in [9.17, 15) is 5.11 Å². The smallest absolute Gasteiger partial charge is 0.0574 e. The lowest BCUT2D eigenvalue weighted by Crippen LogP contribution is -2.32. The van der Waals surface area contributed by atoms with E-state index in [-0.39, 0.29) is 12.7 Å². The molecule has 0 radical (unpaired) electrons. The number of aliphatic hydroxyl groups is 2. The van der Waals surface area contributed by atoms with Gasteiger partial charge in [0.2, 0.25) is 0 Å². The highest BCUT2D eigenvalue weighted by Gasteiger charge is 2.11. The lowest BCUT2D eigenvalue weighted by Gasteiger charge is -2.27. The number of aliphatic hydroxyl groups excluding tert-OH is 2. The van der Waals surface area contributed by atoms with Gasteiger partial charge in [0, 0.05) is 13.2 Å². The van der Waals surface area contributed by atoms with E-state index in [1.165, 1.54) is 32.4 Å². The number of piperidine rings is 1. The molecule has 78 valence electrons. The summed E-state index contributed by atoms with van der Waals surface area (Å²) in [5.41, 5.74) is 0. The van der Waals surface area contributed by atoms with Crippen LogP contribution in [0.1, 0.15) is 32.1 Å². The Kier molecular flexibility index (Phi) is 5.35. The van der Waals surface area contributed by atoms with Gasteiger partial charge in [-0.1, -0.05) is 6.42 Å². The molecule has 1 heterocycles. The zero-order chi connectivity index (χ0) is 9.52. The van der Waals surface area contributed by atoms with Gasteiger partial charge in [0.25, 0.3) is 0 Å². The second kappa shape index (κ2) is 6.35. The standard InChI is InChI=1S/C10H21NO2/c12-9-5-10(13)4-8-11-6-2-1-3-7-11/h10,12-13H,1-9H2/t10-/m0/s1. The van der Waals surface area contributed by atoms with Crippen LogP contribution in [0.2, 0.25) is 0 Å². The predicted molar refractivity (Wildman–Crippen MR) is 52.6 cm³/mol. The summed E-state index contributed by atoms with van der Waals surface area (Å²) in [6.07, 6.45) is 4.97. The Hall–Kier alpha value is -0.120.